The van der Waals surface area contributed by atoms with Gasteiger partial charge in [-0.3, -0.25) is 4.79 Å². The van der Waals surface area contributed by atoms with E-state index in [1.807, 2.05) is 6.92 Å². The van der Waals surface area contributed by atoms with Gasteiger partial charge in [-0.2, -0.15) is 0 Å². The van der Waals surface area contributed by atoms with Gasteiger partial charge < -0.3 is 24.0 Å². The third-order valence-corrected chi connectivity index (χ3v) is 5.34. The van der Waals surface area contributed by atoms with Crippen molar-refractivity contribution in [3.05, 3.63) is 20.2 Å². The van der Waals surface area contributed by atoms with Gasteiger partial charge in [-0.15, -0.1) is 20.2 Å². The predicted octanol–water partition coefficient (Wildman–Crippen LogP) is 2.25. The number of unbranched alkanes of at least 4 members (excludes halogenated alkanes) is 1. The summed E-state index contributed by atoms with van der Waals surface area (Å²) in [6.45, 7) is 4.14. The molecule has 2 atom stereocenters. The average Bonchev–Trinajstić information content (AvgIpc) is 3.26. The lowest BCUT2D eigenvalue weighted by Gasteiger charge is -2.26. The summed E-state index contributed by atoms with van der Waals surface area (Å²) in [7, 11) is 1.27. The van der Waals surface area contributed by atoms with Crippen LogP contribution in [0.1, 0.15) is 46.0 Å². The number of esters is 1. The van der Waals surface area contributed by atoms with Gasteiger partial charge in [-0.25, -0.2) is 9.59 Å². The molecule has 15 heteroatoms. The summed E-state index contributed by atoms with van der Waals surface area (Å²) in [5.74, 6) is -0.916. The molecule has 33 heavy (non-hydrogen) atoms. The van der Waals surface area contributed by atoms with E-state index in [1.54, 1.807) is 6.92 Å². The predicted molar refractivity (Wildman–Crippen MR) is 115 cm³/mol. The summed E-state index contributed by atoms with van der Waals surface area (Å²) in [5.41, 5.74) is 0. The lowest BCUT2D eigenvalue weighted by Crippen LogP contribution is -2.44. The first-order valence-corrected chi connectivity index (χ1v) is 11.3. The SMILES string of the molecule is CCCCO[N+](=O)[O-].COC(=O)SC[C@@H](C)C(=O)N1CCC[C@H]1C(=O)OCCCO[N+](=O)[O-]. The summed E-state index contributed by atoms with van der Waals surface area (Å²) in [6, 6.07) is -0.658. The average molecular weight is 498 g/mol. The number of hydrogen-bond donors (Lipinski definition) is 0. The minimum absolute atomic E-state index is 0.0149. The zero-order chi connectivity index (χ0) is 25.2. The molecular formula is C18H31N3O11S. The van der Waals surface area contributed by atoms with Gasteiger partial charge in [0.25, 0.3) is 10.2 Å². The maximum atomic E-state index is 12.5. The van der Waals surface area contributed by atoms with Gasteiger partial charge >= 0.3 is 11.3 Å². The molecule has 0 radical (unpaired) electrons. The van der Waals surface area contributed by atoms with Gasteiger partial charge in [-0.05, 0) is 31.0 Å². The molecule has 0 aromatic heterocycles. The Morgan fingerprint density at radius 3 is 2.24 bits per heavy atom. The number of amides is 1. The summed E-state index contributed by atoms with van der Waals surface area (Å²) >= 11 is 0.909. The van der Waals surface area contributed by atoms with Crippen LogP contribution < -0.4 is 0 Å². The van der Waals surface area contributed by atoms with E-state index in [4.69, 9.17) is 4.74 Å². The second-order valence-electron chi connectivity index (χ2n) is 6.84. The highest BCUT2D eigenvalue weighted by molar-refractivity contribution is 8.13. The molecule has 1 amide bonds. The summed E-state index contributed by atoms with van der Waals surface area (Å²) in [5, 5.41) is 17.3. The molecule has 1 fully saturated rings. The summed E-state index contributed by atoms with van der Waals surface area (Å²) in [4.78, 5) is 64.8. The third kappa shape index (κ3) is 14.0. The minimum atomic E-state index is -0.910. The van der Waals surface area contributed by atoms with Gasteiger partial charge in [0.05, 0.1) is 26.9 Å². The highest BCUT2D eigenvalue weighted by Crippen LogP contribution is 2.23. The van der Waals surface area contributed by atoms with Crippen molar-refractivity contribution in [3.8, 4) is 0 Å². The van der Waals surface area contributed by atoms with Crippen LogP contribution >= 0.6 is 11.8 Å². The molecular weight excluding hydrogens is 466 g/mol. The molecule has 190 valence electrons. The number of rotatable bonds is 13. The zero-order valence-corrected chi connectivity index (χ0v) is 19.8. The van der Waals surface area contributed by atoms with E-state index >= 15 is 0 Å². The maximum absolute atomic E-state index is 12.5. The number of thioether (sulfide) groups is 1. The van der Waals surface area contributed by atoms with Crippen molar-refractivity contribution in [1.82, 2.24) is 4.90 Å². The molecule has 1 rings (SSSR count). The first-order valence-electron chi connectivity index (χ1n) is 10.4. The third-order valence-electron chi connectivity index (χ3n) is 4.27. The summed E-state index contributed by atoms with van der Waals surface area (Å²) < 4.78 is 9.59. The first kappa shape index (κ1) is 30.2. The molecule has 0 aromatic carbocycles. The van der Waals surface area contributed by atoms with E-state index in [-0.39, 0.29) is 37.9 Å². The standard InChI is InChI=1S/C14H22N2O8S.C4H9NO3/c1-10(9-25-14(19)22-2)12(17)15-6-3-5-11(15)13(18)23-7-4-8-24-16(20)21;1-2-3-4-8-5(6)7/h10-11H,3-9H2,1-2H3;2-4H2,1H3/t10-,11+;/m1./s1. The highest BCUT2D eigenvalue weighted by atomic mass is 32.2. The molecule has 0 aliphatic carbocycles. The number of methoxy groups -OCH3 is 1. The van der Waals surface area contributed by atoms with Crippen molar-refractivity contribution >= 4 is 28.9 Å². The normalized spacial score (nSPS) is 15.5. The largest absolute Gasteiger partial charge is 0.464 e. The molecule has 1 saturated heterocycles. The minimum Gasteiger partial charge on any atom is -0.464 e. The van der Waals surface area contributed by atoms with Gasteiger partial charge in [0.2, 0.25) is 5.91 Å². The van der Waals surface area contributed by atoms with Crippen LogP contribution in [0.25, 0.3) is 0 Å². The van der Waals surface area contributed by atoms with Crippen molar-refractivity contribution in [3.63, 3.8) is 0 Å². The topological polar surface area (TPSA) is 178 Å². The number of hydrogen-bond acceptors (Lipinski definition) is 12. The van der Waals surface area contributed by atoms with Crippen molar-refractivity contribution in [2.24, 2.45) is 5.92 Å². The van der Waals surface area contributed by atoms with Crippen molar-refractivity contribution in [2.75, 3.05) is 39.2 Å². The Morgan fingerprint density at radius 2 is 1.70 bits per heavy atom. The van der Waals surface area contributed by atoms with Crippen molar-refractivity contribution in [1.29, 1.82) is 0 Å². The van der Waals surface area contributed by atoms with E-state index in [0.717, 1.165) is 24.6 Å². The van der Waals surface area contributed by atoms with Crippen LogP contribution in [-0.2, 0) is 28.7 Å². The second kappa shape index (κ2) is 17.7. The van der Waals surface area contributed by atoms with E-state index in [2.05, 4.69) is 14.4 Å². The molecule has 0 unspecified atom stereocenters. The van der Waals surface area contributed by atoms with E-state index < -0.39 is 33.4 Å². The Kier molecular flexibility index (Phi) is 16.2. The monoisotopic (exact) mass is 497 g/mol. The highest BCUT2D eigenvalue weighted by Gasteiger charge is 2.37. The molecule has 1 aliphatic rings. The number of nitrogens with zero attached hydrogens (tertiary/aromatic N) is 3. The maximum Gasteiger partial charge on any atom is 0.367 e. The molecule has 1 aliphatic heterocycles. The fourth-order valence-corrected chi connectivity index (χ4v) is 3.28. The van der Waals surface area contributed by atoms with Crippen LogP contribution in [0.5, 0.6) is 0 Å². The number of carbonyl (C=O) groups excluding carboxylic acids is 3. The molecule has 1 heterocycles. The van der Waals surface area contributed by atoms with E-state index in [9.17, 15) is 34.6 Å². The molecule has 0 bridgehead atoms. The van der Waals surface area contributed by atoms with Gasteiger partial charge in [-0.1, -0.05) is 20.3 Å². The fourth-order valence-electron chi connectivity index (χ4n) is 2.63. The van der Waals surface area contributed by atoms with E-state index in [0.29, 0.717) is 19.4 Å². The Labute approximate surface area is 195 Å². The zero-order valence-electron chi connectivity index (χ0n) is 19.0. The van der Waals surface area contributed by atoms with Gasteiger partial charge in [0.15, 0.2) is 0 Å². The molecule has 0 spiro atoms. The smallest absolute Gasteiger partial charge is 0.367 e. The first-order chi connectivity index (χ1) is 15.6. The van der Waals surface area contributed by atoms with Crippen LogP contribution in [0.15, 0.2) is 0 Å². The van der Waals surface area contributed by atoms with Crippen molar-refractivity contribution in [2.45, 2.75) is 52.0 Å². The van der Waals surface area contributed by atoms with Crippen molar-refractivity contribution < 1.29 is 43.7 Å². The van der Waals surface area contributed by atoms with Crippen LogP contribution in [0.2, 0.25) is 0 Å². The Balaban J connectivity index is 0.00000109. The Hall–Kier alpha value is -2.84. The van der Waals surface area contributed by atoms with Crippen LogP contribution in [0, 0.1) is 26.1 Å². The summed E-state index contributed by atoms with van der Waals surface area (Å²) in [6.07, 6.45) is 3.06. The lowest BCUT2D eigenvalue weighted by molar-refractivity contribution is -0.757. The quantitative estimate of drug-likeness (QED) is 0.157. The lowest BCUT2D eigenvalue weighted by atomic mass is 10.1. The van der Waals surface area contributed by atoms with Crippen LogP contribution in [0.4, 0.5) is 4.79 Å². The number of likely N-dealkylation sites (tertiary alicyclic amines) is 1. The van der Waals surface area contributed by atoms with E-state index in [1.165, 1.54) is 12.0 Å². The number of carbonyl (C=O) groups is 3. The fraction of sp³-hybridized carbons (Fsp3) is 0.833. The number of ether oxygens (including phenoxy) is 2. The van der Waals surface area contributed by atoms with Gasteiger partial charge in [0, 0.05) is 24.6 Å². The van der Waals surface area contributed by atoms with Gasteiger partial charge in [0.1, 0.15) is 6.04 Å². The Bertz CT molecular complexity index is 650. The second-order valence-corrected chi connectivity index (χ2v) is 7.80. The Morgan fingerprint density at radius 1 is 1.09 bits per heavy atom. The van der Waals surface area contributed by atoms with Crippen LogP contribution in [-0.4, -0.2) is 77.5 Å². The molecule has 0 saturated carbocycles. The molecule has 0 N–H and O–H groups in total. The van der Waals surface area contributed by atoms with Crippen LogP contribution in [0.3, 0.4) is 0 Å². The molecule has 0 aromatic rings. The molecule has 14 nitrogen and oxygen atoms in total.